The van der Waals surface area contributed by atoms with Gasteiger partial charge in [0, 0.05) is 17.7 Å². The van der Waals surface area contributed by atoms with Gasteiger partial charge in [0.2, 0.25) is 0 Å². The van der Waals surface area contributed by atoms with Gasteiger partial charge in [-0.25, -0.2) is 0 Å². The Morgan fingerprint density at radius 2 is 2.08 bits per heavy atom. The quantitative estimate of drug-likeness (QED) is 0.618. The highest BCUT2D eigenvalue weighted by Gasteiger charge is 2.36. The third-order valence-corrected chi connectivity index (χ3v) is 4.22. The Morgan fingerprint density at radius 1 is 1.35 bits per heavy atom. The second kappa shape index (κ2) is 6.71. The zero-order valence-electron chi connectivity index (χ0n) is 13.8. The van der Waals surface area contributed by atoms with Gasteiger partial charge in [0.15, 0.2) is 0 Å². The van der Waals surface area contributed by atoms with Crippen LogP contribution in [-0.2, 0) is 11.0 Å². The highest BCUT2D eigenvalue weighted by molar-refractivity contribution is 6.09. The van der Waals surface area contributed by atoms with Gasteiger partial charge in [-0.2, -0.15) is 18.4 Å². The van der Waals surface area contributed by atoms with Crippen LogP contribution in [0.5, 0.6) is 0 Å². The molecule has 26 heavy (non-hydrogen) atoms. The molecule has 7 heteroatoms. The normalized spacial score (nSPS) is 19.7. The SMILES string of the molecule is C[C@H]1C[C@H]1c1ccc(/C=C(\C#N)C(=O)Nc2cccc(C(F)(F)F)c2)o1. The molecule has 1 amide bonds. The van der Waals surface area contributed by atoms with Gasteiger partial charge in [-0.3, -0.25) is 4.79 Å². The average Bonchev–Trinajstić information content (AvgIpc) is 3.14. The molecule has 4 nitrogen and oxygen atoms in total. The lowest BCUT2D eigenvalue weighted by Gasteiger charge is -2.09. The fourth-order valence-electron chi connectivity index (χ4n) is 2.63. The first-order chi connectivity index (χ1) is 12.3. The lowest BCUT2D eigenvalue weighted by molar-refractivity contribution is -0.137. The van der Waals surface area contributed by atoms with Crippen LogP contribution in [0.1, 0.15) is 36.3 Å². The van der Waals surface area contributed by atoms with Crippen molar-refractivity contribution in [3.8, 4) is 6.07 Å². The zero-order valence-corrected chi connectivity index (χ0v) is 13.8. The molecular formula is C19H15F3N2O2. The second-order valence-corrected chi connectivity index (χ2v) is 6.26. The smallest absolute Gasteiger partial charge is 0.416 e. The van der Waals surface area contributed by atoms with Gasteiger partial charge in [0.1, 0.15) is 23.2 Å². The van der Waals surface area contributed by atoms with Crippen molar-refractivity contribution in [2.75, 3.05) is 5.32 Å². The van der Waals surface area contributed by atoms with Crippen molar-refractivity contribution in [3.63, 3.8) is 0 Å². The summed E-state index contributed by atoms with van der Waals surface area (Å²) in [6.45, 7) is 2.10. The predicted octanol–water partition coefficient (Wildman–Crippen LogP) is 4.97. The molecule has 1 N–H and O–H groups in total. The summed E-state index contributed by atoms with van der Waals surface area (Å²) in [6, 6.07) is 9.43. The van der Waals surface area contributed by atoms with Crippen LogP contribution in [0, 0.1) is 17.2 Å². The van der Waals surface area contributed by atoms with E-state index in [-0.39, 0.29) is 11.3 Å². The molecule has 1 fully saturated rings. The molecule has 0 spiro atoms. The van der Waals surface area contributed by atoms with Crippen LogP contribution >= 0.6 is 0 Å². The van der Waals surface area contributed by atoms with Crippen molar-refractivity contribution >= 4 is 17.7 Å². The van der Waals surface area contributed by atoms with Gasteiger partial charge in [-0.15, -0.1) is 0 Å². The fourth-order valence-corrected chi connectivity index (χ4v) is 2.63. The number of hydrogen-bond acceptors (Lipinski definition) is 3. The first-order valence-corrected chi connectivity index (χ1v) is 7.98. The number of halogens is 3. The number of carbonyl (C=O) groups is 1. The molecule has 0 unspecified atom stereocenters. The number of benzene rings is 1. The van der Waals surface area contributed by atoms with Crippen LogP contribution in [0.25, 0.3) is 6.08 Å². The summed E-state index contributed by atoms with van der Waals surface area (Å²) in [7, 11) is 0. The number of nitrogens with one attached hydrogen (secondary N) is 1. The molecule has 2 aromatic rings. The average molecular weight is 360 g/mol. The molecule has 0 saturated heterocycles. The number of anilines is 1. The summed E-state index contributed by atoms with van der Waals surface area (Å²) >= 11 is 0. The Bertz CT molecular complexity index is 906. The Labute approximate surface area is 147 Å². The Balaban J connectivity index is 1.75. The van der Waals surface area contributed by atoms with Gasteiger partial charge in [-0.05, 0) is 42.7 Å². The van der Waals surface area contributed by atoms with E-state index in [4.69, 9.17) is 4.42 Å². The van der Waals surface area contributed by atoms with E-state index < -0.39 is 17.6 Å². The lowest BCUT2D eigenvalue weighted by Crippen LogP contribution is -2.14. The molecule has 0 aliphatic heterocycles. The zero-order chi connectivity index (χ0) is 18.9. The molecule has 1 aromatic heterocycles. The highest BCUT2D eigenvalue weighted by atomic mass is 19.4. The number of alkyl halides is 3. The minimum atomic E-state index is -4.51. The molecular weight excluding hydrogens is 345 g/mol. The van der Waals surface area contributed by atoms with Crippen molar-refractivity contribution in [2.45, 2.75) is 25.4 Å². The highest BCUT2D eigenvalue weighted by Crippen LogP contribution is 2.47. The van der Waals surface area contributed by atoms with Crippen LogP contribution < -0.4 is 5.32 Å². The summed E-state index contributed by atoms with van der Waals surface area (Å²) in [5.41, 5.74) is -1.18. The van der Waals surface area contributed by atoms with Crippen LogP contribution in [0.4, 0.5) is 18.9 Å². The minimum absolute atomic E-state index is 0.0436. The molecule has 1 aliphatic carbocycles. The largest absolute Gasteiger partial charge is 0.461 e. The first-order valence-electron chi connectivity index (χ1n) is 7.98. The molecule has 1 aliphatic rings. The summed E-state index contributed by atoms with van der Waals surface area (Å²) in [4.78, 5) is 12.2. The standard InChI is InChI=1S/C19H15F3N2O2/c1-11-7-16(11)17-6-5-15(26-17)8-12(10-23)18(25)24-14-4-2-3-13(9-14)19(20,21)22/h2-6,8-9,11,16H,7H2,1H3,(H,24,25)/b12-8+/t11-,16+/m0/s1. The summed E-state index contributed by atoms with van der Waals surface area (Å²) in [6.07, 6.45) is -2.20. The van der Waals surface area contributed by atoms with E-state index in [1.165, 1.54) is 18.2 Å². The number of amides is 1. The van der Waals surface area contributed by atoms with Gasteiger partial charge in [-0.1, -0.05) is 13.0 Å². The van der Waals surface area contributed by atoms with Crippen LogP contribution in [0.15, 0.2) is 46.4 Å². The molecule has 1 aromatic carbocycles. The van der Waals surface area contributed by atoms with Crippen molar-refractivity contribution in [2.24, 2.45) is 5.92 Å². The van der Waals surface area contributed by atoms with Gasteiger partial charge < -0.3 is 9.73 Å². The van der Waals surface area contributed by atoms with E-state index in [2.05, 4.69) is 12.2 Å². The van der Waals surface area contributed by atoms with E-state index >= 15 is 0 Å². The predicted molar refractivity (Wildman–Crippen MR) is 88.9 cm³/mol. The van der Waals surface area contributed by atoms with E-state index in [0.717, 1.165) is 24.3 Å². The van der Waals surface area contributed by atoms with E-state index in [9.17, 15) is 23.2 Å². The molecule has 1 heterocycles. The summed E-state index contributed by atoms with van der Waals surface area (Å²) in [5, 5.41) is 11.5. The maximum atomic E-state index is 12.7. The maximum absolute atomic E-state index is 12.7. The number of furan rings is 1. The molecule has 0 radical (unpaired) electrons. The number of carbonyl (C=O) groups excluding carboxylic acids is 1. The summed E-state index contributed by atoms with van der Waals surface area (Å²) in [5.74, 6) is 1.28. The number of rotatable bonds is 4. The third kappa shape index (κ3) is 3.97. The Hall–Kier alpha value is -3.01. The van der Waals surface area contributed by atoms with E-state index in [1.54, 1.807) is 18.2 Å². The fraction of sp³-hybridized carbons (Fsp3) is 0.263. The first kappa shape index (κ1) is 17.8. The lowest BCUT2D eigenvalue weighted by atomic mass is 10.1. The van der Waals surface area contributed by atoms with Crippen molar-refractivity contribution in [3.05, 3.63) is 59.1 Å². The van der Waals surface area contributed by atoms with Crippen molar-refractivity contribution < 1.29 is 22.4 Å². The topological polar surface area (TPSA) is 66.0 Å². The second-order valence-electron chi connectivity index (χ2n) is 6.26. The van der Waals surface area contributed by atoms with Gasteiger partial charge in [0.25, 0.3) is 5.91 Å². The summed E-state index contributed by atoms with van der Waals surface area (Å²) < 4.78 is 43.8. The number of nitrogens with zero attached hydrogens (tertiary/aromatic N) is 1. The maximum Gasteiger partial charge on any atom is 0.416 e. The van der Waals surface area contributed by atoms with Gasteiger partial charge >= 0.3 is 6.18 Å². The Morgan fingerprint density at radius 3 is 2.69 bits per heavy atom. The Kier molecular flexibility index (Phi) is 4.60. The van der Waals surface area contributed by atoms with E-state index in [1.807, 2.05) is 0 Å². The van der Waals surface area contributed by atoms with Crippen molar-refractivity contribution in [1.29, 1.82) is 5.26 Å². The molecule has 0 bridgehead atoms. The molecule has 1 saturated carbocycles. The monoisotopic (exact) mass is 360 g/mol. The number of hydrogen-bond donors (Lipinski definition) is 1. The molecule has 2 atom stereocenters. The van der Waals surface area contributed by atoms with Crippen molar-refractivity contribution in [1.82, 2.24) is 0 Å². The van der Waals surface area contributed by atoms with Gasteiger partial charge in [0.05, 0.1) is 5.56 Å². The van der Waals surface area contributed by atoms with Crippen LogP contribution in [0.2, 0.25) is 0 Å². The van der Waals surface area contributed by atoms with E-state index in [0.29, 0.717) is 17.6 Å². The molecule has 3 rings (SSSR count). The van der Waals surface area contributed by atoms with Crippen LogP contribution in [-0.4, -0.2) is 5.91 Å². The third-order valence-electron chi connectivity index (χ3n) is 4.22. The molecule has 134 valence electrons. The number of nitriles is 1. The minimum Gasteiger partial charge on any atom is -0.461 e. The van der Waals surface area contributed by atoms with Crippen LogP contribution in [0.3, 0.4) is 0 Å².